The molecule has 0 radical (unpaired) electrons. The van der Waals surface area contributed by atoms with Gasteiger partial charge in [0.15, 0.2) is 0 Å². The summed E-state index contributed by atoms with van der Waals surface area (Å²) >= 11 is 1.92. The fraction of sp³-hybridized carbons (Fsp3) is 0.333. The van der Waals surface area contributed by atoms with Crippen molar-refractivity contribution in [1.82, 2.24) is 9.97 Å². The Kier molecular flexibility index (Phi) is 2.63. The second-order valence-electron chi connectivity index (χ2n) is 4.19. The number of halogens is 1. The minimum Gasteiger partial charge on any atom is -0.368 e. The van der Waals surface area contributed by atoms with Gasteiger partial charge in [-0.3, -0.25) is 0 Å². The Morgan fingerprint density at radius 2 is 2.24 bits per heavy atom. The van der Waals surface area contributed by atoms with Crippen molar-refractivity contribution in [3.63, 3.8) is 0 Å². The Morgan fingerprint density at radius 3 is 3.00 bits per heavy atom. The van der Waals surface area contributed by atoms with Gasteiger partial charge in [-0.25, -0.2) is 14.4 Å². The summed E-state index contributed by atoms with van der Waals surface area (Å²) in [6.07, 6.45) is 1.10. The van der Waals surface area contributed by atoms with E-state index < -0.39 is 0 Å². The lowest BCUT2D eigenvalue weighted by molar-refractivity contribution is 0.629. The highest BCUT2D eigenvalue weighted by Crippen LogP contribution is 2.34. The molecule has 1 atom stereocenters. The number of benzene rings is 1. The molecule has 1 fully saturated rings. The summed E-state index contributed by atoms with van der Waals surface area (Å²) in [5.74, 6) is 2.57. The van der Waals surface area contributed by atoms with Crippen LogP contribution in [-0.4, -0.2) is 21.5 Å². The Bertz CT molecular complexity index is 562. The van der Waals surface area contributed by atoms with Crippen molar-refractivity contribution in [1.29, 1.82) is 0 Å². The summed E-state index contributed by atoms with van der Waals surface area (Å²) in [5.41, 5.74) is 7.26. The van der Waals surface area contributed by atoms with Crippen LogP contribution in [0.2, 0.25) is 0 Å². The van der Waals surface area contributed by atoms with E-state index in [2.05, 4.69) is 9.97 Å². The van der Waals surface area contributed by atoms with Gasteiger partial charge in [0, 0.05) is 23.1 Å². The Morgan fingerprint density at radius 1 is 1.35 bits per heavy atom. The highest BCUT2D eigenvalue weighted by Gasteiger charge is 2.22. The number of nitrogens with zero attached hydrogens (tertiary/aromatic N) is 2. The summed E-state index contributed by atoms with van der Waals surface area (Å²) < 4.78 is 13.2. The van der Waals surface area contributed by atoms with E-state index in [0.717, 1.165) is 29.0 Å². The van der Waals surface area contributed by atoms with Gasteiger partial charge in [0.05, 0.1) is 11.2 Å². The number of aromatic nitrogens is 2. The molecule has 1 aromatic carbocycles. The molecule has 1 aliphatic heterocycles. The maximum absolute atomic E-state index is 13.2. The predicted molar refractivity (Wildman–Crippen MR) is 68.6 cm³/mol. The zero-order valence-electron chi connectivity index (χ0n) is 9.19. The van der Waals surface area contributed by atoms with Gasteiger partial charge in [-0.05, 0) is 24.3 Å². The summed E-state index contributed by atoms with van der Waals surface area (Å²) in [4.78, 5) is 8.43. The van der Waals surface area contributed by atoms with Crippen LogP contribution in [0.3, 0.4) is 0 Å². The van der Waals surface area contributed by atoms with Crippen LogP contribution in [0.5, 0.6) is 0 Å². The average molecular weight is 249 g/mol. The average Bonchev–Trinajstić information content (AvgIpc) is 2.80. The molecule has 1 aliphatic rings. The minimum absolute atomic E-state index is 0.231. The molecule has 0 aliphatic carbocycles. The molecule has 2 aromatic rings. The van der Waals surface area contributed by atoms with Crippen LogP contribution in [0.15, 0.2) is 18.2 Å². The Labute approximate surface area is 103 Å². The van der Waals surface area contributed by atoms with Crippen LogP contribution < -0.4 is 5.73 Å². The SMILES string of the molecule is Nc1nc(C2CCSC2)c2ccc(F)cc2n1. The third-order valence-electron chi connectivity index (χ3n) is 3.02. The topological polar surface area (TPSA) is 51.8 Å². The van der Waals surface area contributed by atoms with E-state index in [1.165, 1.54) is 12.1 Å². The molecule has 3 nitrogen and oxygen atoms in total. The first-order valence-corrected chi connectivity index (χ1v) is 6.70. The van der Waals surface area contributed by atoms with Crippen LogP contribution in [0.4, 0.5) is 10.3 Å². The molecule has 1 aromatic heterocycles. The first-order chi connectivity index (χ1) is 8.24. The van der Waals surface area contributed by atoms with E-state index >= 15 is 0 Å². The first-order valence-electron chi connectivity index (χ1n) is 5.54. The van der Waals surface area contributed by atoms with Gasteiger partial charge >= 0.3 is 0 Å². The van der Waals surface area contributed by atoms with Crippen LogP contribution in [-0.2, 0) is 0 Å². The van der Waals surface area contributed by atoms with Crippen molar-refractivity contribution in [2.75, 3.05) is 17.2 Å². The molecule has 2 N–H and O–H groups in total. The lowest BCUT2D eigenvalue weighted by Crippen LogP contribution is -2.06. The van der Waals surface area contributed by atoms with Crippen molar-refractivity contribution in [3.8, 4) is 0 Å². The zero-order valence-corrected chi connectivity index (χ0v) is 10.0. The summed E-state index contributed by atoms with van der Waals surface area (Å²) in [7, 11) is 0. The fourth-order valence-corrected chi connectivity index (χ4v) is 3.43. The first kappa shape index (κ1) is 10.8. The molecule has 2 heterocycles. The second-order valence-corrected chi connectivity index (χ2v) is 5.34. The zero-order chi connectivity index (χ0) is 11.8. The number of thioether (sulfide) groups is 1. The Balaban J connectivity index is 2.21. The number of fused-ring (bicyclic) bond motifs is 1. The van der Waals surface area contributed by atoms with E-state index in [1.54, 1.807) is 6.07 Å². The number of nitrogen functional groups attached to an aromatic ring is 1. The van der Waals surface area contributed by atoms with Crippen LogP contribution in [0.25, 0.3) is 10.9 Å². The smallest absolute Gasteiger partial charge is 0.220 e. The predicted octanol–water partition coefficient (Wildman–Crippen LogP) is 2.57. The van der Waals surface area contributed by atoms with Crippen molar-refractivity contribution >= 4 is 28.6 Å². The number of anilines is 1. The van der Waals surface area contributed by atoms with Crippen molar-refractivity contribution in [2.45, 2.75) is 12.3 Å². The summed E-state index contributed by atoms with van der Waals surface area (Å²) in [5, 5.41) is 0.924. The van der Waals surface area contributed by atoms with E-state index in [4.69, 9.17) is 5.73 Å². The summed E-state index contributed by atoms with van der Waals surface area (Å²) in [6, 6.07) is 4.62. The molecule has 1 saturated heterocycles. The van der Waals surface area contributed by atoms with Gasteiger partial charge in [0.1, 0.15) is 5.82 Å². The van der Waals surface area contributed by atoms with Crippen LogP contribution >= 0.6 is 11.8 Å². The number of hydrogen-bond donors (Lipinski definition) is 1. The van der Waals surface area contributed by atoms with Gasteiger partial charge < -0.3 is 5.73 Å². The lowest BCUT2D eigenvalue weighted by atomic mass is 10.0. The normalized spacial score (nSPS) is 19.9. The molecule has 0 bridgehead atoms. The van der Waals surface area contributed by atoms with E-state index in [0.29, 0.717) is 11.4 Å². The third-order valence-corrected chi connectivity index (χ3v) is 4.18. The number of hydrogen-bond acceptors (Lipinski definition) is 4. The molecule has 88 valence electrons. The molecular weight excluding hydrogens is 237 g/mol. The van der Waals surface area contributed by atoms with Gasteiger partial charge in [-0.1, -0.05) is 0 Å². The maximum Gasteiger partial charge on any atom is 0.220 e. The number of rotatable bonds is 1. The molecule has 0 saturated carbocycles. The van der Waals surface area contributed by atoms with Gasteiger partial charge in [0.2, 0.25) is 5.95 Å². The molecule has 3 rings (SSSR count). The quantitative estimate of drug-likeness (QED) is 0.844. The standard InChI is InChI=1S/C12H12FN3S/c13-8-1-2-9-10(5-8)15-12(14)16-11(9)7-3-4-17-6-7/h1-2,5,7H,3-4,6H2,(H2,14,15,16). The monoisotopic (exact) mass is 249 g/mol. The molecule has 17 heavy (non-hydrogen) atoms. The molecule has 0 amide bonds. The second kappa shape index (κ2) is 4.14. The van der Waals surface area contributed by atoms with Crippen LogP contribution in [0.1, 0.15) is 18.0 Å². The van der Waals surface area contributed by atoms with Gasteiger partial charge in [-0.2, -0.15) is 11.8 Å². The number of nitrogens with two attached hydrogens (primary N) is 1. The molecular formula is C12H12FN3S. The maximum atomic E-state index is 13.2. The Hall–Kier alpha value is -1.36. The fourth-order valence-electron chi connectivity index (χ4n) is 2.21. The highest BCUT2D eigenvalue weighted by atomic mass is 32.2. The van der Waals surface area contributed by atoms with Gasteiger partial charge in [0.25, 0.3) is 0 Å². The molecule has 1 unspecified atom stereocenters. The van der Waals surface area contributed by atoms with E-state index in [1.807, 2.05) is 11.8 Å². The highest BCUT2D eigenvalue weighted by molar-refractivity contribution is 7.99. The van der Waals surface area contributed by atoms with Crippen molar-refractivity contribution in [2.24, 2.45) is 0 Å². The minimum atomic E-state index is -0.289. The van der Waals surface area contributed by atoms with E-state index in [-0.39, 0.29) is 11.8 Å². The largest absolute Gasteiger partial charge is 0.368 e. The van der Waals surface area contributed by atoms with E-state index in [9.17, 15) is 4.39 Å². The van der Waals surface area contributed by atoms with Crippen molar-refractivity contribution < 1.29 is 4.39 Å². The molecule has 0 spiro atoms. The van der Waals surface area contributed by atoms with Crippen LogP contribution in [0, 0.1) is 5.82 Å². The molecule has 5 heteroatoms. The van der Waals surface area contributed by atoms with Gasteiger partial charge in [-0.15, -0.1) is 0 Å². The summed E-state index contributed by atoms with van der Waals surface area (Å²) in [6.45, 7) is 0. The lowest BCUT2D eigenvalue weighted by Gasteiger charge is -2.11. The van der Waals surface area contributed by atoms with Crippen molar-refractivity contribution in [3.05, 3.63) is 29.7 Å². The third kappa shape index (κ3) is 1.95.